The predicted octanol–water partition coefficient (Wildman–Crippen LogP) is 4.52. The number of halogens is 1. The van der Waals surface area contributed by atoms with Gasteiger partial charge in [-0.25, -0.2) is 4.98 Å². The van der Waals surface area contributed by atoms with E-state index in [1.165, 1.54) is 0 Å². The third-order valence-electron chi connectivity index (χ3n) is 5.30. The normalized spacial score (nSPS) is 19.0. The zero-order valence-electron chi connectivity index (χ0n) is 16.2. The molecular weight excluding hydrogens is 388 g/mol. The van der Waals surface area contributed by atoms with Gasteiger partial charge >= 0.3 is 0 Å². The molecule has 1 aromatic heterocycles. The van der Waals surface area contributed by atoms with E-state index in [-0.39, 0.29) is 6.29 Å². The van der Waals surface area contributed by atoms with E-state index < -0.39 is 5.60 Å². The average molecular weight is 413 g/mol. The molecule has 3 aromatic rings. The van der Waals surface area contributed by atoms with Crippen LogP contribution < -0.4 is 0 Å². The minimum Gasteiger partial charge on any atom is -0.378 e. The number of hydrogen-bond donors (Lipinski definition) is 1. The van der Waals surface area contributed by atoms with Gasteiger partial charge in [-0.3, -0.25) is 0 Å². The number of benzene rings is 2. The van der Waals surface area contributed by atoms with E-state index in [2.05, 4.69) is 4.98 Å². The van der Waals surface area contributed by atoms with Crippen molar-refractivity contribution in [1.82, 2.24) is 9.55 Å². The highest BCUT2D eigenvalue weighted by molar-refractivity contribution is 6.30. The lowest BCUT2D eigenvalue weighted by atomic mass is 9.85. The van der Waals surface area contributed by atoms with Gasteiger partial charge in [0.15, 0.2) is 6.29 Å². The molecule has 5 nitrogen and oxygen atoms in total. The molecule has 2 atom stereocenters. The Hall–Kier alpha value is -2.18. The molecule has 0 saturated carbocycles. The molecule has 0 amide bonds. The van der Waals surface area contributed by atoms with Gasteiger partial charge in [0.05, 0.1) is 19.5 Å². The lowest BCUT2D eigenvalue weighted by Gasteiger charge is -2.30. The molecule has 2 heterocycles. The quantitative estimate of drug-likeness (QED) is 0.620. The monoisotopic (exact) mass is 412 g/mol. The lowest BCUT2D eigenvalue weighted by Crippen LogP contribution is -2.32. The Morgan fingerprint density at radius 1 is 1.10 bits per heavy atom. The van der Waals surface area contributed by atoms with Crippen LogP contribution in [0.4, 0.5) is 0 Å². The van der Waals surface area contributed by atoms with E-state index in [0.29, 0.717) is 18.2 Å². The first-order chi connectivity index (χ1) is 14.1. The van der Waals surface area contributed by atoms with Gasteiger partial charge in [-0.15, -0.1) is 0 Å². The van der Waals surface area contributed by atoms with Gasteiger partial charge in [0.1, 0.15) is 5.60 Å². The van der Waals surface area contributed by atoms with Crippen LogP contribution in [-0.2, 0) is 28.2 Å². The molecule has 0 spiro atoms. The molecule has 1 saturated heterocycles. The van der Waals surface area contributed by atoms with E-state index in [0.717, 1.165) is 42.6 Å². The van der Waals surface area contributed by atoms with Gasteiger partial charge in [0, 0.05) is 24.0 Å². The molecule has 0 aliphatic carbocycles. The summed E-state index contributed by atoms with van der Waals surface area (Å²) in [5.41, 5.74) is 1.40. The number of hydrogen-bond acceptors (Lipinski definition) is 4. The summed E-state index contributed by atoms with van der Waals surface area (Å²) in [7, 11) is 0. The highest BCUT2D eigenvalue weighted by atomic mass is 35.5. The number of imidazole rings is 1. The van der Waals surface area contributed by atoms with Crippen LogP contribution in [0, 0.1) is 0 Å². The summed E-state index contributed by atoms with van der Waals surface area (Å²) in [4.78, 5) is 4.09. The van der Waals surface area contributed by atoms with Gasteiger partial charge in [0.25, 0.3) is 0 Å². The topological polar surface area (TPSA) is 56.5 Å². The third-order valence-corrected chi connectivity index (χ3v) is 5.55. The van der Waals surface area contributed by atoms with Crippen molar-refractivity contribution in [2.24, 2.45) is 0 Å². The van der Waals surface area contributed by atoms with Crippen molar-refractivity contribution < 1.29 is 14.6 Å². The van der Waals surface area contributed by atoms with Crippen molar-refractivity contribution in [2.75, 3.05) is 6.61 Å². The summed E-state index contributed by atoms with van der Waals surface area (Å²) in [5, 5.41) is 12.3. The Morgan fingerprint density at radius 3 is 2.45 bits per heavy atom. The summed E-state index contributed by atoms with van der Waals surface area (Å²) in [6.07, 6.45) is 8.33. The number of aromatic nitrogens is 2. The Morgan fingerprint density at radius 2 is 1.83 bits per heavy atom. The van der Waals surface area contributed by atoms with Crippen LogP contribution in [0.2, 0.25) is 5.02 Å². The SMILES string of the molecule is OC(Cn1ccnc1)(c1ccc(Cl)cc1)c1ccc(COC2CCCCO2)cc1. The van der Waals surface area contributed by atoms with Crippen molar-refractivity contribution in [3.8, 4) is 0 Å². The van der Waals surface area contributed by atoms with Crippen molar-refractivity contribution in [3.63, 3.8) is 0 Å². The van der Waals surface area contributed by atoms with Gasteiger partial charge in [-0.05, 0) is 48.1 Å². The van der Waals surface area contributed by atoms with Gasteiger partial charge in [-0.1, -0.05) is 48.0 Å². The number of nitrogens with zero attached hydrogens (tertiary/aromatic N) is 2. The van der Waals surface area contributed by atoms with Crippen molar-refractivity contribution in [2.45, 2.75) is 44.3 Å². The fourth-order valence-corrected chi connectivity index (χ4v) is 3.75. The molecule has 152 valence electrons. The van der Waals surface area contributed by atoms with Crippen LogP contribution in [0.5, 0.6) is 0 Å². The standard InChI is InChI=1S/C23H25ClN2O3/c24-21-10-8-20(9-11-21)23(27,16-26-13-12-25-17-26)19-6-4-18(5-7-19)15-29-22-3-1-2-14-28-22/h4-13,17,22,27H,1-3,14-16H2. The maximum absolute atomic E-state index is 11.7. The average Bonchev–Trinajstić information content (AvgIpc) is 3.26. The maximum Gasteiger partial charge on any atom is 0.158 e. The van der Waals surface area contributed by atoms with Crippen molar-refractivity contribution >= 4 is 11.6 Å². The van der Waals surface area contributed by atoms with Crippen LogP contribution in [0.3, 0.4) is 0 Å². The highest BCUT2D eigenvalue weighted by Gasteiger charge is 2.32. The van der Waals surface area contributed by atoms with Crippen molar-refractivity contribution in [3.05, 3.63) is 89.0 Å². The fourth-order valence-electron chi connectivity index (χ4n) is 3.63. The van der Waals surface area contributed by atoms with E-state index in [4.69, 9.17) is 21.1 Å². The summed E-state index contributed by atoms with van der Waals surface area (Å²) in [6.45, 7) is 1.61. The summed E-state index contributed by atoms with van der Waals surface area (Å²) in [5.74, 6) is 0. The molecule has 29 heavy (non-hydrogen) atoms. The second-order valence-electron chi connectivity index (χ2n) is 7.41. The Labute approximate surface area is 175 Å². The molecule has 0 bridgehead atoms. The summed E-state index contributed by atoms with van der Waals surface area (Å²) >= 11 is 6.05. The molecule has 4 rings (SSSR count). The lowest BCUT2D eigenvalue weighted by molar-refractivity contribution is -0.168. The first-order valence-corrected chi connectivity index (χ1v) is 10.3. The van der Waals surface area contributed by atoms with Crippen LogP contribution in [0.15, 0.2) is 67.3 Å². The molecule has 2 unspecified atom stereocenters. The second kappa shape index (κ2) is 9.09. The Balaban J connectivity index is 1.54. The fraction of sp³-hybridized carbons (Fsp3) is 0.348. The minimum atomic E-state index is -1.21. The van der Waals surface area contributed by atoms with E-state index in [1.807, 2.05) is 47.2 Å². The molecule has 1 N–H and O–H groups in total. The van der Waals surface area contributed by atoms with E-state index in [9.17, 15) is 5.11 Å². The zero-order valence-corrected chi connectivity index (χ0v) is 17.0. The number of aliphatic hydroxyl groups is 1. The van der Waals surface area contributed by atoms with E-state index >= 15 is 0 Å². The zero-order chi connectivity index (χ0) is 20.1. The smallest absolute Gasteiger partial charge is 0.158 e. The van der Waals surface area contributed by atoms with Crippen LogP contribution in [-0.4, -0.2) is 27.6 Å². The minimum absolute atomic E-state index is 0.115. The second-order valence-corrected chi connectivity index (χ2v) is 7.84. The van der Waals surface area contributed by atoms with Crippen LogP contribution in [0.1, 0.15) is 36.0 Å². The molecular formula is C23H25ClN2O3. The maximum atomic E-state index is 11.7. The highest BCUT2D eigenvalue weighted by Crippen LogP contribution is 2.32. The van der Waals surface area contributed by atoms with Gasteiger partial charge in [0.2, 0.25) is 0 Å². The molecule has 1 aliphatic heterocycles. The summed E-state index contributed by atoms with van der Waals surface area (Å²) in [6, 6.07) is 15.2. The Kier molecular flexibility index (Phi) is 6.31. The van der Waals surface area contributed by atoms with Gasteiger partial charge < -0.3 is 19.1 Å². The largest absolute Gasteiger partial charge is 0.378 e. The summed E-state index contributed by atoms with van der Waals surface area (Å²) < 4.78 is 13.4. The first-order valence-electron chi connectivity index (χ1n) is 9.90. The molecule has 6 heteroatoms. The van der Waals surface area contributed by atoms with Crippen LogP contribution in [0.25, 0.3) is 0 Å². The number of ether oxygens (including phenoxy) is 2. The molecule has 0 radical (unpaired) electrons. The molecule has 1 fully saturated rings. The predicted molar refractivity (Wildman–Crippen MR) is 111 cm³/mol. The molecule has 1 aliphatic rings. The Bertz CT molecular complexity index is 891. The van der Waals surface area contributed by atoms with Crippen LogP contribution >= 0.6 is 11.6 Å². The third kappa shape index (κ3) is 4.87. The molecule has 2 aromatic carbocycles. The number of rotatable bonds is 7. The van der Waals surface area contributed by atoms with E-state index in [1.54, 1.807) is 24.7 Å². The van der Waals surface area contributed by atoms with Gasteiger partial charge in [-0.2, -0.15) is 0 Å². The first kappa shape index (κ1) is 20.1. The van der Waals surface area contributed by atoms with Crippen molar-refractivity contribution in [1.29, 1.82) is 0 Å².